The fourth-order valence-corrected chi connectivity index (χ4v) is 1.70. The van der Waals surface area contributed by atoms with Crippen molar-refractivity contribution in [2.24, 2.45) is 0 Å². The average Bonchev–Trinajstić information content (AvgIpc) is 2.36. The maximum absolute atomic E-state index is 10.0. The Labute approximate surface area is 103 Å². The van der Waals surface area contributed by atoms with Gasteiger partial charge in [0.1, 0.15) is 0 Å². The van der Waals surface area contributed by atoms with Crippen LogP contribution in [0.1, 0.15) is 37.0 Å². The second-order valence-electron chi connectivity index (χ2n) is 4.37. The third-order valence-electron chi connectivity index (χ3n) is 2.80. The van der Waals surface area contributed by atoms with E-state index in [0.717, 1.165) is 24.9 Å². The third kappa shape index (κ3) is 4.56. The Morgan fingerprint density at radius 2 is 2.00 bits per heavy atom. The maximum Gasteiger partial charge on any atom is 0.0991 e. The molecule has 0 amide bonds. The molecule has 0 aromatic heterocycles. The fraction of sp³-hybridized carbons (Fsp3) is 0.500. The summed E-state index contributed by atoms with van der Waals surface area (Å²) in [5.74, 6) is 0. The summed E-state index contributed by atoms with van der Waals surface area (Å²) in [5, 5.41) is 18.7. The molecule has 0 bridgehead atoms. The summed E-state index contributed by atoms with van der Waals surface area (Å²) < 4.78 is 0. The predicted molar refractivity (Wildman–Crippen MR) is 68.5 cm³/mol. The van der Waals surface area contributed by atoms with Crippen LogP contribution in [-0.2, 0) is 0 Å². The highest BCUT2D eigenvalue weighted by molar-refractivity contribution is 5.32. The molecule has 17 heavy (non-hydrogen) atoms. The topological polar surface area (TPSA) is 47.3 Å². The van der Waals surface area contributed by atoms with Crippen molar-refractivity contribution in [2.45, 2.75) is 25.9 Å². The van der Waals surface area contributed by atoms with E-state index < -0.39 is 6.10 Å². The molecule has 0 saturated heterocycles. The fourth-order valence-electron chi connectivity index (χ4n) is 1.70. The average molecular weight is 232 g/mol. The molecule has 0 aliphatic heterocycles. The van der Waals surface area contributed by atoms with Gasteiger partial charge in [-0.05, 0) is 37.7 Å². The number of nitrogens with zero attached hydrogens (tertiary/aromatic N) is 2. The van der Waals surface area contributed by atoms with Crippen molar-refractivity contribution in [1.82, 2.24) is 4.90 Å². The zero-order valence-corrected chi connectivity index (χ0v) is 10.6. The minimum atomic E-state index is -0.482. The van der Waals surface area contributed by atoms with Crippen molar-refractivity contribution in [3.05, 3.63) is 35.4 Å². The Kier molecular flexibility index (Phi) is 5.68. The Morgan fingerprint density at radius 1 is 1.35 bits per heavy atom. The number of likely N-dealkylation sites (N-methyl/N-ethyl adjacent to an activating group) is 1. The SMILES string of the molecule is CCCCN(C)CC(O)c1ccc(C#N)cc1. The van der Waals surface area contributed by atoms with Crippen LogP contribution >= 0.6 is 0 Å². The predicted octanol–water partition coefficient (Wildman–Crippen LogP) is 2.32. The van der Waals surface area contributed by atoms with Gasteiger partial charge in [0.05, 0.1) is 17.7 Å². The van der Waals surface area contributed by atoms with E-state index in [-0.39, 0.29) is 0 Å². The molecule has 0 heterocycles. The van der Waals surface area contributed by atoms with Crippen LogP contribution in [0.4, 0.5) is 0 Å². The molecule has 3 nitrogen and oxygen atoms in total. The Hall–Kier alpha value is -1.37. The standard InChI is InChI=1S/C14H20N2O/c1-3-4-9-16(2)11-14(17)13-7-5-12(10-15)6-8-13/h5-8,14,17H,3-4,9,11H2,1-2H3. The quantitative estimate of drug-likeness (QED) is 0.818. The highest BCUT2D eigenvalue weighted by Crippen LogP contribution is 2.14. The van der Waals surface area contributed by atoms with Crippen LogP contribution in [0, 0.1) is 11.3 Å². The van der Waals surface area contributed by atoms with E-state index in [0.29, 0.717) is 12.1 Å². The van der Waals surface area contributed by atoms with Gasteiger partial charge >= 0.3 is 0 Å². The van der Waals surface area contributed by atoms with Crippen molar-refractivity contribution in [2.75, 3.05) is 20.1 Å². The van der Waals surface area contributed by atoms with Crippen LogP contribution in [0.3, 0.4) is 0 Å². The molecule has 92 valence electrons. The van der Waals surface area contributed by atoms with Gasteiger partial charge in [-0.3, -0.25) is 0 Å². The van der Waals surface area contributed by atoms with Crippen molar-refractivity contribution in [1.29, 1.82) is 5.26 Å². The number of unbranched alkanes of at least 4 members (excludes halogenated alkanes) is 1. The van der Waals surface area contributed by atoms with E-state index in [4.69, 9.17) is 5.26 Å². The zero-order chi connectivity index (χ0) is 12.7. The lowest BCUT2D eigenvalue weighted by molar-refractivity contribution is 0.126. The van der Waals surface area contributed by atoms with Gasteiger partial charge in [0, 0.05) is 6.54 Å². The minimum Gasteiger partial charge on any atom is -0.387 e. The van der Waals surface area contributed by atoms with E-state index >= 15 is 0 Å². The minimum absolute atomic E-state index is 0.482. The second-order valence-corrected chi connectivity index (χ2v) is 4.37. The van der Waals surface area contributed by atoms with E-state index in [1.807, 2.05) is 19.2 Å². The van der Waals surface area contributed by atoms with Crippen LogP contribution < -0.4 is 0 Å². The lowest BCUT2D eigenvalue weighted by Crippen LogP contribution is -2.25. The number of aliphatic hydroxyl groups is 1. The number of aliphatic hydroxyl groups excluding tert-OH is 1. The van der Waals surface area contributed by atoms with Crippen LogP contribution in [0.15, 0.2) is 24.3 Å². The van der Waals surface area contributed by atoms with E-state index in [2.05, 4.69) is 17.9 Å². The molecule has 1 aromatic rings. The molecule has 1 aromatic carbocycles. The van der Waals surface area contributed by atoms with Crippen molar-refractivity contribution in [3.8, 4) is 6.07 Å². The molecule has 0 aliphatic rings. The maximum atomic E-state index is 10.0. The normalized spacial score (nSPS) is 12.4. The summed E-state index contributed by atoms with van der Waals surface area (Å²) in [6.45, 7) is 3.79. The van der Waals surface area contributed by atoms with Crippen LogP contribution in [0.5, 0.6) is 0 Å². The van der Waals surface area contributed by atoms with Gasteiger partial charge in [-0.1, -0.05) is 25.5 Å². The number of rotatable bonds is 6. The zero-order valence-electron chi connectivity index (χ0n) is 10.6. The van der Waals surface area contributed by atoms with Crippen molar-refractivity contribution < 1.29 is 5.11 Å². The molecule has 1 atom stereocenters. The van der Waals surface area contributed by atoms with Gasteiger partial charge in [0.2, 0.25) is 0 Å². The molecule has 0 radical (unpaired) electrons. The summed E-state index contributed by atoms with van der Waals surface area (Å²) >= 11 is 0. The number of hydrogen-bond acceptors (Lipinski definition) is 3. The van der Waals surface area contributed by atoms with E-state index in [9.17, 15) is 5.11 Å². The molecule has 3 heteroatoms. The summed E-state index contributed by atoms with van der Waals surface area (Å²) in [7, 11) is 2.02. The molecule has 0 spiro atoms. The Morgan fingerprint density at radius 3 is 2.53 bits per heavy atom. The largest absolute Gasteiger partial charge is 0.387 e. The molecule has 0 fully saturated rings. The smallest absolute Gasteiger partial charge is 0.0991 e. The van der Waals surface area contributed by atoms with Gasteiger partial charge < -0.3 is 10.0 Å². The van der Waals surface area contributed by atoms with Crippen LogP contribution in [0.2, 0.25) is 0 Å². The lowest BCUT2D eigenvalue weighted by Gasteiger charge is -2.20. The van der Waals surface area contributed by atoms with E-state index in [1.165, 1.54) is 0 Å². The summed E-state index contributed by atoms with van der Waals surface area (Å²) in [6, 6.07) is 9.18. The lowest BCUT2D eigenvalue weighted by atomic mass is 10.1. The number of benzene rings is 1. The number of hydrogen-bond donors (Lipinski definition) is 1. The molecule has 1 unspecified atom stereocenters. The second kappa shape index (κ2) is 7.05. The first kappa shape index (κ1) is 13.7. The Bertz CT molecular complexity index is 367. The first-order valence-corrected chi connectivity index (χ1v) is 6.04. The van der Waals surface area contributed by atoms with Crippen molar-refractivity contribution >= 4 is 0 Å². The van der Waals surface area contributed by atoms with Gasteiger partial charge in [-0.15, -0.1) is 0 Å². The van der Waals surface area contributed by atoms with E-state index in [1.54, 1.807) is 12.1 Å². The summed E-state index contributed by atoms with van der Waals surface area (Å²) in [4.78, 5) is 2.13. The van der Waals surface area contributed by atoms with Gasteiger partial charge in [-0.25, -0.2) is 0 Å². The highest BCUT2D eigenvalue weighted by atomic mass is 16.3. The molecular formula is C14H20N2O. The summed E-state index contributed by atoms with van der Waals surface area (Å²) in [5.41, 5.74) is 1.49. The monoisotopic (exact) mass is 232 g/mol. The van der Waals surface area contributed by atoms with Gasteiger partial charge in [0.25, 0.3) is 0 Å². The van der Waals surface area contributed by atoms with Crippen molar-refractivity contribution in [3.63, 3.8) is 0 Å². The molecule has 0 saturated carbocycles. The summed E-state index contributed by atoms with van der Waals surface area (Å²) in [6.07, 6.45) is 1.83. The highest BCUT2D eigenvalue weighted by Gasteiger charge is 2.10. The first-order chi connectivity index (χ1) is 8.17. The van der Waals surface area contributed by atoms with Crippen LogP contribution in [-0.4, -0.2) is 30.1 Å². The third-order valence-corrected chi connectivity index (χ3v) is 2.80. The molecular weight excluding hydrogens is 212 g/mol. The van der Waals surface area contributed by atoms with Gasteiger partial charge in [0.15, 0.2) is 0 Å². The molecule has 0 aliphatic carbocycles. The van der Waals surface area contributed by atoms with Gasteiger partial charge in [-0.2, -0.15) is 5.26 Å². The first-order valence-electron chi connectivity index (χ1n) is 6.04. The molecule has 1 N–H and O–H groups in total. The number of nitriles is 1. The molecule has 1 rings (SSSR count). The van der Waals surface area contributed by atoms with Crippen LogP contribution in [0.25, 0.3) is 0 Å². The Balaban J connectivity index is 2.51.